The van der Waals surface area contributed by atoms with E-state index in [2.05, 4.69) is 25.4 Å². The van der Waals surface area contributed by atoms with Gasteiger partial charge in [-0.25, -0.2) is 9.97 Å². The van der Waals surface area contributed by atoms with Crippen molar-refractivity contribution < 1.29 is 4.79 Å². The Morgan fingerprint density at radius 1 is 1.08 bits per heavy atom. The van der Waals surface area contributed by atoms with E-state index in [1.54, 1.807) is 18.1 Å². The van der Waals surface area contributed by atoms with Crippen LogP contribution in [0.4, 0.5) is 5.82 Å². The summed E-state index contributed by atoms with van der Waals surface area (Å²) in [5.74, 6) is 3.51. The zero-order valence-corrected chi connectivity index (χ0v) is 22.5. The largest absolute Gasteiger partial charge is 0.357 e. The molecule has 0 spiro atoms. The second-order valence-electron chi connectivity index (χ2n) is 11.9. The van der Waals surface area contributed by atoms with Crippen molar-refractivity contribution in [1.82, 2.24) is 25.5 Å². The van der Waals surface area contributed by atoms with E-state index in [1.165, 1.54) is 38.5 Å². The number of rotatable bonds is 6. The number of H-pyrrole nitrogens is 1. The number of carbonyl (C=O) groups is 1. The number of pyridine rings is 1. The van der Waals surface area contributed by atoms with Crippen molar-refractivity contribution in [1.29, 1.82) is 0 Å². The minimum atomic E-state index is -0.0637. The fourth-order valence-corrected chi connectivity index (χ4v) is 9.27. The molecule has 2 N–H and O–H groups in total. The summed E-state index contributed by atoms with van der Waals surface area (Å²) in [6, 6.07) is 7.82. The predicted molar refractivity (Wildman–Crippen MR) is 147 cm³/mol. The number of benzene rings is 1. The molecule has 1 saturated heterocycles. The Labute approximate surface area is 226 Å². The SMILES string of the molecule is O=C(NCC12CC3CC(CC(C3)C1)C2)c1c(Cl)ccc2nc(N3CCC(Sc4ncn[nH]4)CC3)ccc12. The normalized spacial score (nSPS) is 29.2. The lowest BCUT2D eigenvalue weighted by molar-refractivity contribution is -0.0503. The Bertz CT molecular complexity index is 1270. The maximum atomic E-state index is 13.5. The number of aromatic amines is 1. The van der Waals surface area contributed by atoms with Crippen LogP contribution >= 0.6 is 23.4 Å². The second-order valence-corrected chi connectivity index (χ2v) is 13.5. The van der Waals surface area contributed by atoms with Gasteiger partial charge >= 0.3 is 0 Å². The van der Waals surface area contributed by atoms with Crippen molar-refractivity contribution in [2.24, 2.45) is 23.2 Å². The Hall–Kier alpha value is -2.32. The van der Waals surface area contributed by atoms with Gasteiger partial charge in [0.25, 0.3) is 5.91 Å². The van der Waals surface area contributed by atoms with Gasteiger partial charge < -0.3 is 10.2 Å². The Morgan fingerprint density at radius 2 is 1.81 bits per heavy atom. The molecule has 37 heavy (non-hydrogen) atoms. The summed E-state index contributed by atoms with van der Waals surface area (Å²) < 4.78 is 0. The standard InChI is InChI=1S/C28H33ClN6OS/c29-22-2-3-23-21(1-4-24(33-23)35-7-5-20(6-8-35)37-27-31-16-32-34-27)25(22)26(36)30-15-28-12-17-9-18(13-28)11-19(10-17)14-28/h1-4,16-20H,5-15H2,(H,30,36)(H,31,32,34). The molecule has 0 unspecified atom stereocenters. The van der Waals surface area contributed by atoms with Crippen LogP contribution in [0.15, 0.2) is 35.7 Å². The third kappa shape index (κ3) is 4.60. The zero-order valence-electron chi connectivity index (χ0n) is 21.0. The predicted octanol–water partition coefficient (Wildman–Crippen LogP) is 5.71. The van der Waals surface area contributed by atoms with Gasteiger partial charge in [-0.2, -0.15) is 5.10 Å². The number of anilines is 1. The number of amides is 1. The quantitative estimate of drug-likeness (QED) is 0.419. The number of hydrogen-bond acceptors (Lipinski definition) is 6. The first-order chi connectivity index (χ1) is 18.0. The highest BCUT2D eigenvalue weighted by Crippen LogP contribution is 2.59. The van der Waals surface area contributed by atoms with E-state index in [0.717, 1.165) is 72.1 Å². The highest BCUT2D eigenvalue weighted by molar-refractivity contribution is 7.99. The topological polar surface area (TPSA) is 86.8 Å². The van der Waals surface area contributed by atoms with Crippen molar-refractivity contribution in [3.8, 4) is 0 Å². The maximum absolute atomic E-state index is 13.5. The fourth-order valence-electron chi connectivity index (χ4n) is 8.05. The molecule has 5 fully saturated rings. The highest BCUT2D eigenvalue weighted by Gasteiger charge is 2.50. The van der Waals surface area contributed by atoms with Gasteiger partial charge in [-0.3, -0.25) is 9.89 Å². The summed E-state index contributed by atoms with van der Waals surface area (Å²) in [6.45, 7) is 2.65. The van der Waals surface area contributed by atoms with E-state index in [-0.39, 0.29) is 5.91 Å². The summed E-state index contributed by atoms with van der Waals surface area (Å²) >= 11 is 8.37. The smallest absolute Gasteiger partial charge is 0.253 e. The van der Waals surface area contributed by atoms with E-state index < -0.39 is 0 Å². The van der Waals surface area contributed by atoms with Crippen LogP contribution in [-0.4, -0.2) is 51.0 Å². The van der Waals surface area contributed by atoms with Crippen molar-refractivity contribution in [3.05, 3.63) is 41.2 Å². The van der Waals surface area contributed by atoms with Crippen molar-refractivity contribution >= 4 is 46.0 Å². The zero-order chi connectivity index (χ0) is 25.0. The molecule has 1 aliphatic heterocycles. The molecule has 8 rings (SSSR count). The molecule has 0 atom stereocenters. The van der Waals surface area contributed by atoms with E-state index in [9.17, 15) is 4.79 Å². The lowest BCUT2D eigenvalue weighted by atomic mass is 9.49. The molecule has 3 aromatic rings. The minimum absolute atomic E-state index is 0.0637. The summed E-state index contributed by atoms with van der Waals surface area (Å²) in [5.41, 5.74) is 1.68. The van der Waals surface area contributed by atoms with Crippen molar-refractivity contribution in [2.75, 3.05) is 24.5 Å². The third-order valence-electron chi connectivity index (χ3n) is 9.26. The Balaban J connectivity index is 1.05. The average molecular weight is 537 g/mol. The molecular formula is C28H33ClN6OS. The van der Waals surface area contributed by atoms with Crippen molar-refractivity contribution in [3.63, 3.8) is 0 Å². The van der Waals surface area contributed by atoms with Crippen LogP contribution in [0.25, 0.3) is 10.9 Å². The molecule has 7 nitrogen and oxygen atoms in total. The molecule has 4 aliphatic carbocycles. The summed E-state index contributed by atoms with van der Waals surface area (Å²) in [7, 11) is 0. The number of fused-ring (bicyclic) bond motifs is 1. The second kappa shape index (κ2) is 9.45. The Kier molecular flexibility index (Phi) is 6.07. The van der Waals surface area contributed by atoms with Gasteiger partial charge in [-0.05, 0) is 98.8 Å². The van der Waals surface area contributed by atoms with Gasteiger partial charge in [0.1, 0.15) is 12.1 Å². The number of halogens is 1. The molecule has 4 saturated carbocycles. The van der Waals surface area contributed by atoms with Gasteiger partial charge in [0.2, 0.25) is 0 Å². The molecule has 3 heterocycles. The van der Waals surface area contributed by atoms with Crippen LogP contribution < -0.4 is 10.2 Å². The van der Waals surface area contributed by atoms with Gasteiger partial charge in [-0.15, -0.1) is 0 Å². The van der Waals surface area contributed by atoms with Crippen LogP contribution in [0.5, 0.6) is 0 Å². The first-order valence-corrected chi connectivity index (χ1v) is 14.9. The average Bonchev–Trinajstić information content (AvgIpc) is 3.40. The third-order valence-corrected chi connectivity index (χ3v) is 10.8. The molecule has 4 bridgehead atoms. The number of nitrogens with one attached hydrogen (secondary N) is 2. The molecule has 9 heteroatoms. The molecular weight excluding hydrogens is 504 g/mol. The Morgan fingerprint density at radius 3 is 2.49 bits per heavy atom. The van der Waals surface area contributed by atoms with Crippen LogP contribution in [0.3, 0.4) is 0 Å². The minimum Gasteiger partial charge on any atom is -0.357 e. The summed E-state index contributed by atoms with van der Waals surface area (Å²) in [4.78, 5) is 25.0. The van der Waals surface area contributed by atoms with E-state index in [0.29, 0.717) is 21.3 Å². The molecule has 1 amide bonds. The van der Waals surface area contributed by atoms with Gasteiger partial charge in [-0.1, -0.05) is 23.4 Å². The number of piperidine rings is 1. The first kappa shape index (κ1) is 23.8. The van der Waals surface area contributed by atoms with Crippen LogP contribution in [0, 0.1) is 23.2 Å². The number of nitrogens with zero attached hydrogens (tertiary/aromatic N) is 4. The van der Waals surface area contributed by atoms with Gasteiger partial charge in [0.05, 0.1) is 16.1 Å². The number of carbonyl (C=O) groups excluding carboxylic acids is 1. The molecule has 194 valence electrons. The summed E-state index contributed by atoms with van der Waals surface area (Å²) in [6.07, 6.45) is 11.7. The van der Waals surface area contributed by atoms with E-state index in [1.807, 2.05) is 24.3 Å². The van der Waals surface area contributed by atoms with Crippen molar-refractivity contribution in [2.45, 2.75) is 61.8 Å². The van der Waals surface area contributed by atoms with E-state index >= 15 is 0 Å². The van der Waals surface area contributed by atoms with Crippen LogP contribution in [0.1, 0.15) is 61.7 Å². The van der Waals surface area contributed by atoms with Crippen LogP contribution in [-0.2, 0) is 0 Å². The molecule has 5 aliphatic rings. The summed E-state index contributed by atoms with van der Waals surface area (Å²) in [5, 5.41) is 12.9. The maximum Gasteiger partial charge on any atom is 0.253 e. The lowest BCUT2D eigenvalue weighted by Gasteiger charge is -2.56. The number of aromatic nitrogens is 4. The fraction of sp³-hybridized carbons (Fsp3) is 0.571. The number of thioether (sulfide) groups is 1. The van der Waals surface area contributed by atoms with Crippen LogP contribution in [0.2, 0.25) is 5.02 Å². The first-order valence-electron chi connectivity index (χ1n) is 13.7. The highest BCUT2D eigenvalue weighted by atomic mass is 35.5. The van der Waals surface area contributed by atoms with E-state index in [4.69, 9.17) is 16.6 Å². The van der Waals surface area contributed by atoms with Gasteiger partial charge in [0, 0.05) is 30.3 Å². The molecule has 2 aromatic heterocycles. The lowest BCUT2D eigenvalue weighted by Crippen LogP contribution is -2.51. The number of hydrogen-bond donors (Lipinski definition) is 2. The molecule has 0 radical (unpaired) electrons. The monoisotopic (exact) mass is 536 g/mol. The molecule has 1 aromatic carbocycles. The van der Waals surface area contributed by atoms with Gasteiger partial charge in [0.15, 0.2) is 5.16 Å².